The minimum Gasteiger partial charge on any atom is -0.454 e. The van der Waals surface area contributed by atoms with Crippen molar-refractivity contribution in [3.63, 3.8) is 0 Å². The van der Waals surface area contributed by atoms with Crippen molar-refractivity contribution in [2.75, 3.05) is 13.3 Å². The molecule has 31 heavy (non-hydrogen) atoms. The zero-order chi connectivity index (χ0) is 21.4. The fraction of sp³-hybridized carbons (Fsp3) is 0.0870. The molecular formula is C23H17N3O3S2. The Morgan fingerprint density at radius 1 is 1.16 bits per heavy atom. The van der Waals surface area contributed by atoms with E-state index in [-0.39, 0.29) is 12.7 Å². The Labute approximate surface area is 188 Å². The lowest BCUT2D eigenvalue weighted by Crippen LogP contribution is -2.27. The van der Waals surface area contributed by atoms with Gasteiger partial charge in [-0.2, -0.15) is 5.10 Å². The van der Waals surface area contributed by atoms with E-state index in [4.69, 9.17) is 26.8 Å². The zero-order valence-corrected chi connectivity index (χ0v) is 18.0. The van der Waals surface area contributed by atoms with Crippen LogP contribution in [0.1, 0.15) is 5.56 Å². The maximum absolute atomic E-state index is 12.8. The summed E-state index contributed by atoms with van der Waals surface area (Å²) in [6.07, 6.45) is 5.42. The van der Waals surface area contributed by atoms with Gasteiger partial charge in [-0.15, -0.1) is 6.58 Å². The van der Waals surface area contributed by atoms with Gasteiger partial charge in [-0.3, -0.25) is 9.69 Å². The van der Waals surface area contributed by atoms with Crippen molar-refractivity contribution in [1.82, 2.24) is 14.7 Å². The highest BCUT2D eigenvalue weighted by Crippen LogP contribution is 2.38. The number of nitrogens with zero attached hydrogens (tertiary/aromatic N) is 3. The molecule has 3 aromatic rings. The third-order valence-corrected chi connectivity index (χ3v) is 6.26. The summed E-state index contributed by atoms with van der Waals surface area (Å²) in [5, 5.41) is 4.81. The monoisotopic (exact) mass is 447 g/mol. The third kappa shape index (κ3) is 3.64. The zero-order valence-electron chi connectivity index (χ0n) is 16.4. The van der Waals surface area contributed by atoms with E-state index >= 15 is 0 Å². The number of hydrogen-bond acceptors (Lipinski definition) is 6. The maximum atomic E-state index is 12.8. The molecule has 2 aliphatic heterocycles. The Bertz CT molecular complexity index is 1230. The van der Waals surface area contributed by atoms with E-state index in [1.165, 1.54) is 11.8 Å². The molecule has 0 radical (unpaired) electrons. The largest absolute Gasteiger partial charge is 0.454 e. The molecule has 0 atom stereocenters. The van der Waals surface area contributed by atoms with Crippen molar-refractivity contribution in [1.29, 1.82) is 0 Å². The number of thiocarbonyl (C=S) groups is 1. The highest BCUT2D eigenvalue weighted by molar-refractivity contribution is 8.26. The van der Waals surface area contributed by atoms with Gasteiger partial charge in [0, 0.05) is 23.9 Å². The van der Waals surface area contributed by atoms with Crippen molar-refractivity contribution in [3.05, 3.63) is 77.9 Å². The number of benzene rings is 2. The van der Waals surface area contributed by atoms with Crippen LogP contribution in [0.2, 0.25) is 0 Å². The average molecular weight is 448 g/mol. The van der Waals surface area contributed by atoms with E-state index in [0.717, 1.165) is 22.5 Å². The minimum atomic E-state index is -0.126. The molecule has 1 fully saturated rings. The number of rotatable bonds is 5. The molecule has 0 bridgehead atoms. The Hall–Kier alpha value is -3.36. The smallest absolute Gasteiger partial charge is 0.266 e. The highest BCUT2D eigenvalue weighted by atomic mass is 32.2. The van der Waals surface area contributed by atoms with Crippen LogP contribution in [-0.2, 0) is 4.79 Å². The summed E-state index contributed by atoms with van der Waals surface area (Å²) >= 11 is 6.65. The molecule has 8 heteroatoms. The summed E-state index contributed by atoms with van der Waals surface area (Å²) in [6, 6.07) is 15.5. The first kappa shape index (κ1) is 19.6. The normalized spacial score (nSPS) is 16.4. The quantitative estimate of drug-likeness (QED) is 0.322. The van der Waals surface area contributed by atoms with Crippen LogP contribution in [0, 0.1) is 0 Å². The van der Waals surface area contributed by atoms with Crippen LogP contribution >= 0.6 is 24.0 Å². The van der Waals surface area contributed by atoms with E-state index in [0.29, 0.717) is 27.3 Å². The molecule has 0 N–H and O–H groups in total. The standard InChI is InChI=1S/C23H17N3O3S2/c1-2-10-25-22(27)20(31-23(25)30)12-16-13-26(17-6-4-3-5-7-17)24-21(16)15-8-9-18-19(11-15)29-14-28-18/h2-9,11-13H,1,10,14H2/b20-12-. The van der Waals surface area contributed by atoms with Gasteiger partial charge in [0.1, 0.15) is 10.0 Å². The predicted octanol–water partition coefficient (Wildman–Crippen LogP) is 4.66. The lowest BCUT2D eigenvalue weighted by molar-refractivity contribution is -0.121. The van der Waals surface area contributed by atoms with Crippen LogP contribution < -0.4 is 9.47 Å². The fourth-order valence-electron chi connectivity index (χ4n) is 3.40. The van der Waals surface area contributed by atoms with Crippen molar-refractivity contribution in [2.24, 2.45) is 0 Å². The van der Waals surface area contributed by atoms with Crippen LogP contribution in [0.25, 0.3) is 23.0 Å². The predicted molar refractivity (Wildman–Crippen MR) is 125 cm³/mol. The molecule has 1 aromatic heterocycles. The van der Waals surface area contributed by atoms with Gasteiger partial charge in [-0.05, 0) is 36.4 Å². The second kappa shape index (κ2) is 8.05. The first-order valence-electron chi connectivity index (χ1n) is 9.55. The summed E-state index contributed by atoms with van der Waals surface area (Å²) in [4.78, 5) is 14.9. The fourth-order valence-corrected chi connectivity index (χ4v) is 4.67. The summed E-state index contributed by atoms with van der Waals surface area (Å²) in [5.74, 6) is 1.26. The van der Waals surface area contributed by atoms with Gasteiger partial charge in [0.15, 0.2) is 11.5 Å². The topological polar surface area (TPSA) is 56.6 Å². The van der Waals surface area contributed by atoms with Crippen LogP contribution in [0.15, 0.2) is 72.3 Å². The number of fused-ring (bicyclic) bond motifs is 1. The number of amides is 1. The van der Waals surface area contributed by atoms with Gasteiger partial charge in [-0.1, -0.05) is 48.3 Å². The van der Waals surface area contributed by atoms with E-state index in [1.807, 2.05) is 60.8 Å². The molecule has 0 aliphatic carbocycles. The third-order valence-electron chi connectivity index (χ3n) is 4.88. The first-order chi connectivity index (χ1) is 15.1. The number of aromatic nitrogens is 2. The molecule has 1 saturated heterocycles. The molecule has 6 nitrogen and oxygen atoms in total. The van der Waals surface area contributed by atoms with Crippen LogP contribution in [-0.4, -0.2) is 38.2 Å². The summed E-state index contributed by atoms with van der Waals surface area (Å²) < 4.78 is 13.3. The molecule has 1 amide bonds. The molecule has 0 unspecified atom stereocenters. The number of hydrogen-bond donors (Lipinski definition) is 0. The Kier molecular flexibility index (Phi) is 5.09. The van der Waals surface area contributed by atoms with Gasteiger partial charge >= 0.3 is 0 Å². The van der Waals surface area contributed by atoms with E-state index in [9.17, 15) is 4.79 Å². The van der Waals surface area contributed by atoms with Crippen molar-refractivity contribution in [3.8, 4) is 28.4 Å². The highest BCUT2D eigenvalue weighted by Gasteiger charge is 2.31. The lowest BCUT2D eigenvalue weighted by atomic mass is 10.1. The van der Waals surface area contributed by atoms with Gasteiger partial charge in [0.2, 0.25) is 6.79 Å². The number of carbonyl (C=O) groups excluding carboxylic acids is 1. The van der Waals surface area contributed by atoms with Crippen molar-refractivity contribution >= 4 is 40.3 Å². The molecule has 154 valence electrons. The van der Waals surface area contributed by atoms with Gasteiger partial charge in [0.25, 0.3) is 5.91 Å². The molecule has 2 aliphatic rings. The maximum Gasteiger partial charge on any atom is 0.266 e. The molecule has 0 saturated carbocycles. The molecular weight excluding hydrogens is 430 g/mol. The summed E-state index contributed by atoms with van der Waals surface area (Å²) in [7, 11) is 0. The van der Waals surface area contributed by atoms with Crippen LogP contribution in [0.3, 0.4) is 0 Å². The SMILES string of the molecule is C=CCN1C(=O)/C(=C/c2cn(-c3ccccc3)nc2-c2ccc3c(c2)OCO3)SC1=S. The molecule has 0 spiro atoms. The summed E-state index contributed by atoms with van der Waals surface area (Å²) in [6.45, 7) is 4.30. The second-order valence-corrected chi connectivity index (χ2v) is 8.54. The van der Waals surface area contributed by atoms with Gasteiger partial charge in [0.05, 0.1) is 10.6 Å². The minimum absolute atomic E-state index is 0.126. The summed E-state index contributed by atoms with van der Waals surface area (Å²) in [5.41, 5.74) is 3.33. The number of ether oxygens (including phenoxy) is 2. The molecule has 3 heterocycles. The van der Waals surface area contributed by atoms with Crippen LogP contribution in [0.4, 0.5) is 0 Å². The van der Waals surface area contributed by atoms with E-state index < -0.39 is 0 Å². The number of thioether (sulfide) groups is 1. The van der Waals surface area contributed by atoms with Gasteiger partial charge < -0.3 is 9.47 Å². The first-order valence-corrected chi connectivity index (χ1v) is 10.8. The van der Waals surface area contributed by atoms with E-state index in [2.05, 4.69) is 6.58 Å². The Balaban J connectivity index is 1.61. The van der Waals surface area contributed by atoms with Gasteiger partial charge in [-0.25, -0.2) is 4.68 Å². The second-order valence-electron chi connectivity index (χ2n) is 6.86. The number of carbonyl (C=O) groups is 1. The molecule has 2 aromatic carbocycles. The Morgan fingerprint density at radius 3 is 2.77 bits per heavy atom. The Morgan fingerprint density at radius 2 is 1.97 bits per heavy atom. The van der Waals surface area contributed by atoms with Crippen LogP contribution in [0.5, 0.6) is 11.5 Å². The van der Waals surface area contributed by atoms with Crippen molar-refractivity contribution in [2.45, 2.75) is 0 Å². The molecule has 5 rings (SSSR count). The average Bonchev–Trinajstić information content (AvgIpc) is 3.49. The van der Waals surface area contributed by atoms with E-state index in [1.54, 1.807) is 15.7 Å². The lowest BCUT2D eigenvalue weighted by Gasteiger charge is -2.10. The number of para-hydroxylation sites is 1. The van der Waals surface area contributed by atoms with Crippen molar-refractivity contribution < 1.29 is 14.3 Å².